The number of carbonyl (C=O) groups excluding carboxylic acids is 2. The Bertz CT molecular complexity index is 1160. The molecule has 8 heteroatoms. The number of rotatable bonds is 14. The van der Waals surface area contributed by atoms with Gasteiger partial charge < -0.3 is 10.2 Å². The second-order valence-electron chi connectivity index (χ2n) is 9.74. The average Bonchev–Trinajstić information content (AvgIpc) is 2.83. The minimum absolute atomic E-state index is 0.140. The van der Waals surface area contributed by atoms with E-state index in [0.717, 1.165) is 35.1 Å². The number of hydrogen-bond donors (Lipinski definition) is 1. The number of aryl methyl sites for hydroxylation is 2. The van der Waals surface area contributed by atoms with Gasteiger partial charge in [-0.2, -0.15) is 0 Å². The molecule has 7 nitrogen and oxygen atoms in total. The maximum atomic E-state index is 13.5. The van der Waals surface area contributed by atoms with E-state index in [2.05, 4.69) is 12.2 Å². The number of amides is 2. The number of sulfonamides is 1. The molecule has 0 fully saturated rings. The Hall–Kier alpha value is -2.87. The minimum Gasteiger partial charge on any atom is -0.354 e. The molecule has 0 unspecified atom stereocenters. The second-order valence-corrected chi connectivity index (χ2v) is 11.6. The van der Waals surface area contributed by atoms with Crippen molar-refractivity contribution in [1.29, 1.82) is 0 Å². The molecule has 1 N–H and O–H groups in total. The lowest BCUT2D eigenvalue weighted by atomic mass is 10.1. The lowest BCUT2D eigenvalue weighted by Gasteiger charge is -2.31. The van der Waals surface area contributed by atoms with E-state index in [4.69, 9.17) is 0 Å². The summed E-state index contributed by atoms with van der Waals surface area (Å²) in [6.45, 7) is 10.9. The molecule has 1 atom stereocenters. The van der Waals surface area contributed by atoms with Gasteiger partial charge in [-0.05, 0) is 62.8 Å². The molecule has 2 rings (SSSR count). The number of carbonyl (C=O) groups is 2. The molecule has 0 aliphatic heterocycles. The Balaban J connectivity index is 2.23. The maximum Gasteiger partial charge on any atom is 0.242 e. The number of benzene rings is 2. The quantitative estimate of drug-likeness (QED) is 0.353. The molecular weight excluding hydrogens is 486 g/mol. The van der Waals surface area contributed by atoms with Gasteiger partial charge in [0.25, 0.3) is 0 Å². The first-order valence-electron chi connectivity index (χ1n) is 13.2. The first-order chi connectivity index (χ1) is 17.5. The van der Waals surface area contributed by atoms with Crippen molar-refractivity contribution >= 4 is 27.5 Å². The SMILES string of the molecule is CCCCNC(=O)[C@@H](CC)N(Cc1cccc(C)c1)C(=O)CCCN(c1cccc(C)c1C)S(C)(=O)=O. The minimum atomic E-state index is -3.53. The number of hydrogen-bond acceptors (Lipinski definition) is 4. The van der Waals surface area contributed by atoms with Crippen LogP contribution < -0.4 is 9.62 Å². The van der Waals surface area contributed by atoms with Gasteiger partial charge in [0.1, 0.15) is 6.04 Å². The molecule has 37 heavy (non-hydrogen) atoms. The van der Waals surface area contributed by atoms with E-state index in [0.29, 0.717) is 31.6 Å². The van der Waals surface area contributed by atoms with Crippen molar-refractivity contribution in [1.82, 2.24) is 10.2 Å². The van der Waals surface area contributed by atoms with Gasteiger partial charge in [-0.15, -0.1) is 0 Å². The predicted molar refractivity (Wildman–Crippen MR) is 151 cm³/mol. The van der Waals surface area contributed by atoms with Crippen LogP contribution in [-0.4, -0.2) is 50.5 Å². The standard InChI is InChI=1S/C29H43N3O4S/c1-7-9-18-30-29(34)26(8-2)31(21-25-15-10-13-22(3)20-25)28(33)17-12-19-32(37(6,35)36)27-16-11-14-23(4)24(27)5/h10-11,13-16,20,26H,7-9,12,17-19,21H2,1-6H3,(H,30,34)/t26-/m1/s1. The van der Waals surface area contributed by atoms with Crippen LogP contribution in [0.4, 0.5) is 5.69 Å². The van der Waals surface area contributed by atoms with Crippen LogP contribution in [0.15, 0.2) is 42.5 Å². The van der Waals surface area contributed by atoms with Crippen LogP contribution in [0.25, 0.3) is 0 Å². The highest BCUT2D eigenvalue weighted by atomic mass is 32.2. The lowest BCUT2D eigenvalue weighted by molar-refractivity contribution is -0.141. The smallest absolute Gasteiger partial charge is 0.242 e. The summed E-state index contributed by atoms with van der Waals surface area (Å²) in [5.41, 5.74) is 4.58. The average molecular weight is 530 g/mol. The third-order valence-corrected chi connectivity index (χ3v) is 7.83. The highest BCUT2D eigenvalue weighted by molar-refractivity contribution is 7.92. The Morgan fingerprint density at radius 3 is 2.32 bits per heavy atom. The number of nitrogens with zero attached hydrogens (tertiary/aromatic N) is 2. The molecule has 0 saturated carbocycles. The van der Waals surface area contributed by atoms with Gasteiger partial charge in [0.05, 0.1) is 11.9 Å². The second kappa shape index (κ2) is 14.2. The van der Waals surface area contributed by atoms with Crippen molar-refractivity contribution in [3.8, 4) is 0 Å². The summed E-state index contributed by atoms with van der Waals surface area (Å²) in [5.74, 6) is -0.307. The molecule has 204 valence electrons. The largest absolute Gasteiger partial charge is 0.354 e. The van der Waals surface area contributed by atoms with Crippen molar-refractivity contribution in [2.75, 3.05) is 23.7 Å². The van der Waals surface area contributed by atoms with Crippen LogP contribution in [0.3, 0.4) is 0 Å². The normalized spacial score (nSPS) is 12.2. The van der Waals surface area contributed by atoms with Crippen molar-refractivity contribution < 1.29 is 18.0 Å². The van der Waals surface area contributed by atoms with Gasteiger partial charge in [0, 0.05) is 26.1 Å². The Morgan fingerprint density at radius 1 is 1.00 bits per heavy atom. The molecule has 0 saturated heterocycles. The highest BCUT2D eigenvalue weighted by Gasteiger charge is 2.29. The van der Waals surface area contributed by atoms with E-state index >= 15 is 0 Å². The summed E-state index contributed by atoms with van der Waals surface area (Å²) in [7, 11) is -3.53. The fraction of sp³-hybridized carbons (Fsp3) is 0.517. The Labute approximate surface area is 223 Å². The zero-order valence-corrected chi connectivity index (χ0v) is 24.0. The van der Waals surface area contributed by atoms with Crippen LogP contribution in [0, 0.1) is 20.8 Å². The van der Waals surface area contributed by atoms with Crippen molar-refractivity contribution in [3.63, 3.8) is 0 Å². The molecule has 2 amide bonds. The predicted octanol–water partition coefficient (Wildman–Crippen LogP) is 4.88. The molecule has 2 aromatic carbocycles. The highest BCUT2D eigenvalue weighted by Crippen LogP contribution is 2.25. The Kier molecular flexibility index (Phi) is 11.6. The zero-order chi connectivity index (χ0) is 27.6. The van der Waals surface area contributed by atoms with Crippen LogP contribution in [0.2, 0.25) is 0 Å². The van der Waals surface area contributed by atoms with Crippen LogP contribution in [0.1, 0.15) is 68.2 Å². The fourth-order valence-electron chi connectivity index (χ4n) is 4.42. The molecule has 0 aromatic heterocycles. The summed E-state index contributed by atoms with van der Waals surface area (Å²) in [5, 5.41) is 2.97. The molecule has 0 bridgehead atoms. The number of unbranched alkanes of at least 4 members (excludes halogenated alkanes) is 1. The summed E-state index contributed by atoms with van der Waals surface area (Å²) >= 11 is 0. The van der Waals surface area contributed by atoms with E-state index in [1.54, 1.807) is 11.0 Å². The third kappa shape index (κ3) is 8.88. The Morgan fingerprint density at radius 2 is 1.70 bits per heavy atom. The van der Waals surface area contributed by atoms with Crippen molar-refractivity contribution in [3.05, 3.63) is 64.7 Å². The van der Waals surface area contributed by atoms with Gasteiger partial charge in [-0.1, -0.05) is 62.2 Å². The van der Waals surface area contributed by atoms with Gasteiger partial charge >= 0.3 is 0 Å². The lowest BCUT2D eigenvalue weighted by Crippen LogP contribution is -2.49. The monoisotopic (exact) mass is 529 g/mol. The zero-order valence-electron chi connectivity index (χ0n) is 23.2. The van der Waals surface area contributed by atoms with Crippen molar-refractivity contribution in [2.24, 2.45) is 0 Å². The third-order valence-electron chi connectivity index (χ3n) is 6.65. The molecule has 0 spiro atoms. The molecule has 0 aliphatic rings. The summed E-state index contributed by atoms with van der Waals surface area (Å²) < 4.78 is 26.6. The van der Waals surface area contributed by atoms with Gasteiger partial charge in [0.15, 0.2) is 0 Å². The van der Waals surface area contributed by atoms with Crippen LogP contribution in [0.5, 0.6) is 0 Å². The summed E-state index contributed by atoms with van der Waals surface area (Å²) in [4.78, 5) is 28.2. The van der Waals surface area contributed by atoms with E-state index in [1.165, 1.54) is 10.6 Å². The molecular formula is C29H43N3O4S. The van der Waals surface area contributed by atoms with Crippen molar-refractivity contribution in [2.45, 2.75) is 79.3 Å². The van der Waals surface area contributed by atoms with Gasteiger partial charge in [-0.25, -0.2) is 8.42 Å². The van der Waals surface area contributed by atoms with Crippen LogP contribution >= 0.6 is 0 Å². The van der Waals surface area contributed by atoms with E-state index in [-0.39, 0.29) is 24.8 Å². The fourth-order valence-corrected chi connectivity index (χ4v) is 5.44. The molecule has 2 aromatic rings. The summed E-state index contributed by atoms with van der Waals surface area (Å²) in [6, 6.07) is 12.9. The van der Waals surface area contributed by atoms with Crippen LogP contribution in [-0.2, 0) is 26.2 Å². The number of anilines is 1. The maximum absolute atomic E-state index is 13.5. The molecule has 0 heterocycles. The number of nitrogens with one attached hydrogen (secondary N) is 1. The van der Waals surface area contributed by atoms with Gasteiger partial charge in [-0.3, -0.25) is 13.9 Å². The van der Waals surface area contributed by atoms with E-state index in [9.17, 15) is 18.0 Å². The topological polar surface area (TPSA) is 86.8 Å². The van der Waals surface area contributed by atoms with Gasteiger partial charge in [0.2, 0.25) is 21.8 Å². The van der Waals surface area contributed by atoms with E-state index in [1.807, 2.05) is 64.1 Å². The first-order valence-corrected chi connectivity index (χ1v) is 15.0. The summed E-state index contributed by atoms with van der Waals surface area (Å²) in [6.07, 6.45) is 4.02. The molecule has 0 radical (unpaired) electrons. The van der Waals surface area contributed by atoms with E-state index < -0.39 is 16.1 Å². The molecule has 0 aliphatic carbocycles. The first kappa shape index (κ1) is 30.4.